The van der Waals surface area contributed by atoms with E-state index in [-0.39, 0.29) is 17.3 Å². The molecule has 144 valence electrons. The molecule has 0 saturated carbocycles. The van der Waals surface area contributed by atoms with Crippen LogP contribution < -0.4 is 9.47 Å². The highest BCUT2D eigenvalue weighted by Gasteiger charge is 2.13. The van der Waals surface area contributed by atoms with Crippen molar-refractivity contribution in [2.75, 3.05) is 7.11 Å². The second-order valence-electron chi connectivity index (χ2n) is 5.91. The Hall–Kier alpha value is -2.99. The van der Waals surface area contributed by atoms with Gasteiger partial charge in [0, 0.05) is 21.7 Å². The number of hydrogen-bond donors (Lipinski definition) is 0. The van der Waals surface area contributed by atoms with Gasteiger partial charge in [0.25, 0.3) is 0 Å². The Morgan fingerprint density at radius 1 is 1.07 bits per heavy atom. The topological polar surface area (TPSA) is 35.5 Å². The van der Waals surface area contributed by atoms with Gasteiger partial charge in [0.1, 0.15) is 0 Å². The average Bonchev–Trinajstić information content (AvgIpc) is 3.14. The maximum atomic E-state index is 12.4. The number of ketones is 1. The highest BCUT2D eigenvalue weighted by atomic mass is 32.1. The fraction of sp³-hybridized carbons (Fsp3) is 0.136. The van der Waals surface area contributed by atoms with E-state index in [0.717, 1.165) is 11.3 Å². The molecule has 0 aliphatic carbocycles. The van der Waals surface area contributed by atoms with E-state index in [0.29, 0.717) is 5.56 Å². The molecule has 1 heterocycles. The Labute approximate surface area is 165 Å². The molecular weight excluding hydrogens is 382 g/mol. The van der Waals surface area contributed by atoms with E-state index in [1.807, 2.05) is 30.3 Å². The molecule has 0 saturated heterocycles. The monoisotopic (exact) mass is 400 g/mol. The van der Waals surface area contributed by atoms with Gasteiger partial charge in [-0.25, -0.2) is 0 Å². The summed E-state index contributed by atoms with van der Waals surface area (Å²) >= 11 is 1.61. The Morgan fingerprint density at radius 2 is 1.86 bits per heavy atom. The first kappa shape index (κ1) is 19.8. The van der Waals surface area contributed by atoms with Gasteiger partial charge < -0.3 is 9.47 Å². The van der Waals surface area contributed by atoms with Crippen LogP contribution in [0.3, 0.4) is 0 Å². The molecule has 3 aromatic rings. The third-order valence-electron chi connectivity index (χ3n) is 3.97. The van der Waals surface area contributed by atoms with E-state index in [9.17, 15) is 13.6 Å². The summed E-state index contributed by atoms with van der Waals surface area (Å²) in [5.74, 6) is -0.275. The second-order valence-corrected chi connectivity index (χ2v) is 7.11. The minimum Gasteiger partial charge on any atom is -0.493 e. The number of carbonyl (C=O) groups is 1. The first-order chi connectivity index (χ1) is 13.5. The number of alkyl halides is 2. The van der Waals surface area contributed by atoms with Crippen LogP contribution in [0.1, 0.15) is 25.7 Å². The maximum absolute atomic E-state index is 12.4. The molecule has 0 spiro atoms. The van der Waals surface area contributed by atoms with Gasteiger partial charge in [0.15, 0.2) is 17.3 Å². The average molecular weight is 400 g/mol. The molecule has 6 heteroatoms. The molecule has 28 heavy (non-hydrogen) atoms. The predicted octanol–water partition coefficient (Wildman–Crippen LogP) is 5.85. The number of carbonyl (C=O) groups excluding carboxylic acids is 1. The molecule has 0 unspecified atom stereocenters. The van der Waals surface area contributed by atoms with Crippen molar-refractivity contribution in [3.63, 3.8) is 0 Å². The summed E-state index contributed by atoms with van der Waals surface area (Å²) in [6.07, 6.45) is 4.05. The standard InChI is InChI=1S/C22H18F2O3S/c1-26-21-14-16(7-12-20(21)27-22(23)24)19(25)11-10-17-8-9-18(28-17)13-15-5-3-2-4-6-15/h2-12,14,22H,13H2,1H3/b11-10+. The van der Waals surface area contributed by atoms with E-state index in [2.05, 4.69) is 16.9 Å². The Morgan fingerprint density at radius 3 is 2.57 bits per heavy atom. The van der Waals surface area contributed by atoms with Gasteiger partial charge in [-0.2, -0.15) is 8.78 Å². The van der Waals surface area contributed by atoms with Gasteiger partial charge in [0.05, 0.1) is 7.11 Å². The molecule has 1 aromatic heterocycles. The van der Waals surface area contributed by atoms with Crippen LogP contribution in [0.4, 0.5) is 8.78 Å². The molecule has 3 nitrogen and oxygen atoms in total. The molecule has 0 fully saturated rings. The molecule has 0 N–H and O–H groups in total. The number of allylic oxidation sites excluding steroid dienone is 1. The summed E-state index contributed by atoms with van der Waals surface area (Å²) in [5, 5.41) is 0. The van der Waals surface area contributed by atoms with Crippen molar-refractivity contribution in [2.45, 2.75) is 13.0 Å². The fourth-order valence-corrected chi connectivity index (χ4v) is 3.59. The second kappa shape index (κ2) is 9.28. The predicted molar refractivity (Wildman–Crippen MR) is 107 cm³/mol. The highest BCUT2D eigenvalue weighted by Crippen LogP contribution is 2.30. The summed E-state index contributed by atoms with van der Waals surface area (Å²) in [4.78, 5) is 14.6. The van der Waals surface area contributed by atoms with Crippen molar-refractivity contribution in [1.29, 1.82) is 0 Å². The van der Waals surface area contributed by atoms with Crippen LogP contribution in [-0.2, 0) is 6.42 Å². The number of halogens is 2. The third kappa shape index (κ3) is 5.27. The summed E-state index contributed by atoms with van der Waals surface area (Å²) in [5.41, 5.74) is 1.56. The molecule has 0 radical (unpaired) electrons. The van der Waals surface area contributed by atoms with Crippen LogP contribution >= 0.6 is 11.3 Å². The number of hydrogen-bond acceptors (Lipinski definition) is 4. The van der Waals surface area contributed by atoms with E-state index in [1.165, 1.54) is 41.8 Å². The molecule has 0 bridgehead atoms. The van der Waals surface area contributed by atoms with E-state index in [1.54, 1.807) is 17.4 Å². The van der Waals surface area contributed by atoms with Crippen LogP contribution in [0.5, 0.6) is 11.5 Å². The van der Waals surface area contributed by atoms with E-state index in [4.69, 9.17) is 4.74 Å². The van der Waals surface area contributed by atoms with Crippen LogP contribution in [0, 0.1) is 0 Å². The van der Waals surface area contributed by atoms with Gasteiger partial charge in [0.2, 0.25) is 0 Å². The Balaban J connectivity index is 1.68. The van der Waals surface area contributed by atoms with Gasteiger partial charge in [-0.1, -0.05) is 30.3 Å². The largest absolute Gasteiger partial charge is 0.493 e. The van der Waals surface area contributed by atoms with Gasteiger partial charge in [-0.05, 0) is 48.0 Å². The molecule has 3 rings (SSSR count). The van der Waals surface area contributed by atoms with Crippen LogP contribution in [0.25, 0.3) is 6.08 Å². The Kier molecular flexibility index (Phi) is 6.55. The van der Waals surface area contributed by atoms with Crippen molar-refractivity contribution < 1.29 is 23.0 Å². The van der Waals surface area contributed by atoms with Gasteiger partial charge in [-0.15, -0.1) is 11.3 Å². The normalized spacial score (nSPS) is 11.1. The number of benzene rings is 2. The van der Waals surface area contributed by atoms with Crippen molar-refractivity contribution >= 4 is 23.2 Å². The lowest BCUT2D eigenvalue weighted by Gasteiger charge is -2.10. The zero-order valence-electron chi connectivity index (χ0n) is 15.1. The summed E-state index contributed by atoms with van der Waals surface area (Å²) in [7, 11) is 1.33. The number of thiophene rings is 1. The lowest BCUT2D eigenvalue weighted by atomic mass is 10.1. The summed E-state index contributed by atoms with van der Waals surface area (Å²) < 4.78 is 34.2. The molecule has 0 aliphatic rings. The summed E-state index contributed by atoms with van der Waals surface area (Å²) in [6, 6.07) is 18.3. The number of rotatable bonds is 8. The van der Waals surface area contributed by atoms with Crippen LogP contribution in [-0.4, -0.2) is 19.5 Å². The first-order valence-electron chi connectivity index (χ1n) is 8.53. The zero-order valence-corrected chi connectivity index (χ0v) is 15.9. The zero-order chi connectivity index (χ0) is 19.9. The minimum atomic E-state index is -2.96. The van der Waals surface area contributed by atoms with Crippen molar-refractivity contribution in [2.24, 2.45) is 0 Å². The molecule has 0 aliphatic heterocycles. The van der Waals surface area contributed by atoms with Gasteiger partial charge in [-0.3, -0.25) is 4.79 Å². The fourth-order valence-electron chi connectivity index (χ4n) is 2.64. The smallest absolute Gasteiger partial charge is 0.387 e. The molecule has 0 atom stereocenters. The quantitative estimate of drug-likeness (QED) is 0.352. The van der Waals surface area contributed by atoms with E-state index >= 15 is 0 Å². The van der Waals surface area contributed by atoms with Crippen molar-refractivity contribution in [3.8, 4) is 11.5 Å². The maximum Gasteiger partial charge on any atom is 0.387 e. The van der Waals surface area contributed by atoms with Gasteiger partial charge >= 0.3 is 6.61 Å². The molecular formula is C22H18F2O3S. The number of ether oxygens (including phenoxy) is 2. The van der Waals surface area contributed by atoms with Crippen LogP contribution in [0.15, 0.2) is 66.7 Å². The molecule has 2 aromatic carbocycles. The SMILES string of the molecule is COc1cc(C(=O)/C=C/c2ccc(Cc3ccccc3)s2)ccc1OC(F)F. The van der Waals surface area contributed by atoms with Crippen LogP contribution in [0.2, 0.25) is 0 Å². The highest BCUT2D eigenvalue weighted by molar-refractivity contribution is 7.12. The van der Waals surface area contributed by atoms with E-state index < -0.39 is 6.61 Å². The summed E-state index contributed by atoms with van der Waals surface area (Å²) in [6.45, 7) is -2.96. The third-order valence-corrected chi connectivity index (χ3v) is 5.02. The lowest BCUT2D eigenvalue weighted by Crippen LogP contribution is -2.04. The lowest BCUT2D eigenvalue weighted by molar-refractivity contribution is -0.0512. The molecule has 0 amide bonds. The van der Waals surface area contributed by atoms with Crippen molar-refractivity contribution in [1.82, 2.24) is 0 Å². The minimum absolute atomic E-state index is 0.0841. The van der Waals surface area contributed by atoms with Crippen molar-refractivity contribution in [3.05, 3.63) is 87.6 Å². The first-order valence-corrected chi connectivity index (χ1v) is 9.34. The Bertz CT molecular complexity index is 965. The number of methoxy groups -OCH3 is 1.